The van der Waals surface area contributed by atoms with E-state index < -0.39 is 24.3 Å². The van der Waals surface area contributed by atoms with E-state index in [4.69, 9.17) is 9.26 Å². The number of rotatable bonds is 5. The van der Waals surface area contributed by atoms with Gasteiger partial charge < -0.3 is 9.26 Å². The van der Waals surface area contributed by atoms with Crippen molar-refractivity contribution in [3.8, 4) is 0 Å². The Morgan fingerprint density at radius 1 is 0.731 bits per heavy atom. The van der Waals surface area contributed by atoms with Crippen molar-refractivity contribution in [1.82, 2.24) is 0 Å². The van der Waals surface area contributed by atoms with E-state index in [2.05, 4.69) is 93.9 Å². The Morgan fingerprint density at radius 2 is 1.19 bits per heavy atom. The Morgan fingerprint density at radius 3 is 1.65 bits per heavy atom. The van der Waals surface area contributed by atoms with E-state index in [9.17, 15) is 0 Å². The molecule has 140 valence electrons. The lowest BCUT2D eigenvalue weighted by Crippen LogP contribution is -2.52. The van der Waals surface area contributed by atoms with Crippen molar-refractivity contribution in [2.24, 2.45) is 0 Å². The minimum atomic E-state index is -1.41. The second-order valence-corrected chi connectivity index (χ2v) is 23.3. The van der Waals surface area contributed by atoms with Gasteiger partial charge in [-0.25, -0.2) is 0 Å². The highest BCUT2D eigenvalue weighted by Gasteiger charge is 2.51. The topological polar surface area (TPSA) is 18.5 Å². The number of benzene rings is 2. The fourth-order valence-electron chi connectivity index (χ4n) is 4.22. The summed E-state index contributed by atoms with van der Waals surface area (Å²) in [6.45, 7) is 15.0. The summed E-state index contributed by atoms with van der Waals surface area (Å²) in [5, 5.41) is 0. The van der Waals surface area contributed by atoms with E-state index in [1.165, 1.54) is 5.56 Å². The summed E-state index contributed by atoms with van der Waals surface area (Å²) in [6, 6.07) is 21.1. The van der Waals surface area contributed by atoms with Crippen molar-refractivity contribution < 1.29 is 9.26 Å². The third-order valence-corrected chi connectivity index (χ3v) is 21.2. The van der Waals surface area contributed by atoms with Crippen LogP contribution in [0.4, 0.5) is 0 Å². The fourth-order valence-corrected chi connectivity index (χ4v) is 23.5. The summed E-state index contributed by atoms with van der Waals surface area (Å²) >= 11 is 0. The SMILES string of the molecule is C[Si](C)(C)C(P1OC(c2ccccc2)OC1c1ccccc1)[Si](C)(C)C. The molecule has 2 aromatic rings. The Balaban J connectivity index is 2.01. The minimum absolute atomic E-state index is 0.0693. The molecule has 0 saturated carbocycles. The molecular weight excluding hydrogens is 371 g/mol. The number of hydrogen-bond acceptors (Lipinski definition) is 2. The van der Waals surface area contributed by atoms with Gasteiger partial charge in [0, 0.05) is 5.56 Å². The highest BCUT2D eigenvalue weighted by molar-refractivity contribution is 7.61. The van der Waals surface area contributed by atoms with E-state index in [1.807, 2.05) is 6.07 Å². The zero-order chi connectivity index (χ0) is 18.9. The van der Waals surface area contributed by atoms with E-state index >= 15 is 0 Å². The van der Waals surface area contributed by atoms with Crippen LogP contribution in [-0.4, -0.2) is 21.1 Å². The van der Waals surface area contributed by atoms with Crippen molar-refractivity contribution in [2.45, 2.75) is 56.3 Å². The highest BCUT2D eigenvalue weighted by atomic mass is 31.1. The summed E-state index contributed by atoms with van der Waals surface area (Å²) in [6.07, 6.45) is -0.247. The van der Waals surface area contributed by atoms with Gasteiger partial charge in [0.2, 0.25) is 0 Å². The monoisotopic (exact) mass is 402 g/mol. The maximum absolute atomic E-state index is 6.74. The highest BCUT2D eigenvalue weighted by Crippen LogP contribution is 2.68. The van der Waals surface area contributed by atoms with Crippen LogP contribution >= 0.6 is 8.15 Å². The van der Waals surface area contributed by atoms with E-state index in [-0.39, 0.29) is 12.1 Å². The quantitative estimate of drug-likeness (QED) is 0.398. The molecule has 5 heteroatoms. The maximum Gasteiger partial charge on any atom is 0.188 e. The lowest BCUT2D eigenvalue weighted by molar-refractivity contribution is -0.0502. The number of hydrogen-bond donors (Lipinski definition) is 0. The molecule has 3 atom stereocenters. The molecule has 2 aromatic carbocycles. The van der Waals surface area contributed by atoms with E-state index in [0.29, 0.717) is 4.91 Å². The van der Waals surface area contributed by atoms with Crippen molar-refractivity contribution >= 4 is 24.3 Å². The molecule has 1 aliphatic rings. The summed E-state index contributed by atoms with van der Waals surface area (Å²) in [5.74, 6) is 0.0693. The Bertz CT molecular complexity index is 696. The Labute approximate surface area is 161 Å². The van der Waals surface area contributed by atoms with Crippen molar-refractivity contribution in [3.63, 3.8) is 0 Å². The third kappa shape index (κ3) is 4.37. The molecule has 1 aliphatic heterocycles. The van der Waals surface area contributed by atoms with Crippen LogP contribution in [0.15, 0.2) is 60.7 Å². The van der Waals surface area contributed by atoms with Crippen LogP contribution < -0.4 is 0 Å². The molecule has 0 radical (unpaired) electrons. The molecule has 1 fully saturated rings. The lowest BCUT2D eigenvalue weighted by Gasteiger charge is -2.42. The molecule has 0 aliphatic carbocycles. The van der Waals surface area contributed by atoms with E-state index in [0.717, 1.165) is 5.56 Å². The van der Waals surface area contributed by atoms with Crippen LogP contribution in [0.25, 0.3) is 0 Å². The standard InChI is InChI=1S/C21H31O2PSi2/c1-25(2,3)21(26(4,5)6)24-20(18-15-11-8-12-16-18)22-19(23-24)17-13-9-7-10-14-17/h7-16,19-21H,1-6H3. The Kier molecular flexibility index (Phi) is 5.91. The normalized spacial score (nSPS) is 24.2. The van der Waals surface area contributed by atoms with Gasteiger partial charge in [-0.05, 0) is 10.5 Å². The van der Waals surface area contributed by atoms with Crippen LogP contribution in [0.2, 0.25) is 39.3 Å². The molecule has 0 amide bonds. The molecule has 3 unspecified atom stereocenters. The molecule has 3 rings (SSSR count). The Hall–Kier alpha value is -0.776. The first-order valence-corrected chi connectivity index (χ1v) is 17.9. The molecule has 1 saturated heterocycles. The second kappa shape index (κ2) is 7.69. The van der Waals surface area contributed by atoms with Crippen molar-refractivity contribution in [2.75, 3.05) is 0 Å². The molecule has 0 N–H and O–H groups in total. The minimum Gasteiger partial charge on any atom is -0.333 e. The zero-order valence-corrected chi connectivity index (χ0v) is 19.7. The van der Waals surface area contributed by atoms with Crippen LogP contribution in [0.3, 0.4) is 0 Å². The van der Waals surface area contributed by atoms with Gasteiger partial charge in [0.05, 0.1) is 24.3 Å². The maximum atomic E-state index is 6.74. The van der Waals surface area contributed by atoms with Gasteiger partial charge >= 0.3 is 0 Å². The molecular formula is C21H31O2PSi2. The first kappa shape index (κ1) is 20.0. The average Bonchev–Trinajstić information content (AvgIpc) is 2.98. The van der Waals surface area contributed by atoms with Crippen molar-refractivity contribution in [3.05, 3.63) is 71.8 Å². The van der Waals surface area contributed by atoms with Gasteiger partial charge in [0.1, 0.15) is 5.85 Å². The van der Waals surface area contributed by atoms with Crippen LogP contribution in [0.1, 0.15) is 23.3 Å². The van der Waals surface area contributed by atoms with Crippen molar-refractivity contribution in [1.29, 1.82) is 0 Å². The predicted molar refractivity (Wildman–Crippen MR) is 118 cm³/mol. The third-order valence-electron chi connectivity index (χ3n) is 4.75. The fraction of sp³-hybridized carbons (Fsp3) is 0.429. The van der Waals surface area contributed by atoms with Gasteiger partial charge in [-0.3, -0.25) is 0 Å². The van der Waals surface area contributed by atoms with Gasteiger partial charge in [-0.15, -0.1) is 0 Å². The van der Waals surface area contributed by atoms with E-state index in [1.54, 1.807) is 0 Å². The molecule has 0 bridgehead atoms. The van der Waals surface area contributed by atoms with Crippen LogP contribution in [-0.2, 0) is 9.26 Å². The van der Waals surface area contributed by atoms with Gasteiger partial charge in [-0.1, -0.05) is 99.9 Å². The summed E-state index contributed by atoms with van der Waals surface area (Å²) < 4.78 is 13.3. The predicted octanol–water partition coefficient (Wildman–Crippen LogP) is 6.95. The molecule has 0 aromatic heterocycles. The second-order valence-electron chi connectivity index (χ2n) is 9.24. The summed E-state index contributed by atoms with van der Waals surface area (Å²) in [4.78, 5) is 0.684. The number of ether oxygens (including phenoxy) is 1. The molecule has 1 heterocycles. The van der Waals surface area contributed by atoms with Gasteiger partial charge in [-0.2, -0.15) is 0 Å². The molecule has 26 heavy (non-hydrogen) atoms. The molecule has 2 nitrogen and oxygen atoms in total. The largest absolute Gasteiger partial charge is 0.333 e. The molecule has 0 spiro atoms. The average molecular weight is 403 g/mol. The van der Waals surface area contributed by atoms with Crippen LogP contribution in [0, 0.1) is 0 Å². The van der Waals surface area contributed by atoms with Crippen LogP contribution in [0.5, 0.6) is 0 Å². The summed E-state index contributed by atoms with van der Waals surface area (Å²) in [5.41, 5.74) is 2.39. The summed E-state index contributed by atoms with van der Waals surface area (Å²) in [7, 11) is -3.50. The zero-order valence-electron chi connectivity index (χ0n) is 16.8. The smallest absolute Gasteiger partial charge is 0.188 e. The van der Waals surface area contributed by atoms with Gasteiger partial charge in [0.25, 0.3) is 0 Å². The first-order valence-electron chi connectivity index (χ1n) is 9.38. The van der Waals surface area contributed by atoms with Gasteiger partial charge in [0.15, 0.2) is 6.29 Å². The lowest BCUT2D eigenvalue weighted by atomic mass is 10.2. The first-order chi connectivity index (χ1) is 12.2.